The van der Waals surface area contributed by atoms with E-state index in [4.69, 9.17) is 37.7 Å². The fourth-order valence-corrected chi connectivity index (χ4v) is 8.48. The Morgan fingerprint density at radius 1 is 1.02 bits per heavy atom. The number of fused-ring (bicyclic) bond motifs is 2. The van der Waals surface area contributed by atoms with E-state index in [1.165, 1.54) is 19.7 Å². The van der Waals surface area contributed by atoms with Crippen molar-refractivity contribution in [2.75, 3.05) is 47.0 Å². The number of aromatic nitrogens is 4. The van der Waals surface area contributed by atoms with Gasteiger partial charge in [0.05, 0.1) is 30.6 Å². The predicted octanol–water partition coefficient (Wildman–Crippen LogP) is 6.08. The summed E-state index contributed by atoms with van der Waals surface area (Å²) in [6, 6.07) is 17.6. The molecule has 5 heterocycles. The Kier molecular flexibility index (Phi) is 12.7. The first-order valence-electron chi connectivity index (χ1n) is 18.1. The molecule has 8 rings (SSSR count). The van der Waals surface area contributed by atoms with Crippen molar-refractivity contribution in [1.82, 2.24) is 34.2 Å². The Morgan fingerprint density at radius 2 is 1.76 bits per heavy atom. The summed E-state index contributed by atoms with van der Waals surface area (Å²) < 4.78 is 50.2. The minimum absolute atomic E-state index is 0. The minimum Gasteiger partial charge on any atom is -0.481 e. The van der Waals surface area contributed by atoms with Gasteiger partial charge >= 0.3 is 34.4 Å². The number of benzene rings is 2. The minimum atomic E-state index is -4.65. The number of likely N-dealkylation sites (tertiary alicyclic amines) is 1. The molecule has 2 saturated heterocycles. The predicted molar refractivity (Wildman–Crippen MR) is 209 cm³/mol. The number of hydrogen-bond acceptors (Lipinski definition) is 8. The standard InChI is InChI=1S/C30H31Cl2N4O3.C10H7F3N3O2.Ni/c1-38-15-14-36-18-30(34-29(36)37)12-13-35(17-30)25-11-10-19-16-24(33-28(39-2)26(19)25)22-8-5-7-21(27(22)32)20-6-3-4-9-23(20)31;1-15-6-3-7(10(11,12)13)14-4-5(6)8(17)16(2)9(15)18;/h3-8,16,25H,10-15,17-18H2,1-2H3,(H,34,37);3H,1-2H3;/q2*-1;+2/t25-,30+;;/m1../s1. The van der Waals surface area contributed by atoms with Crippen LogP contribution >= 0.6 is 23.2 Å². The van der Waals surface area contributed by atoms with Crippen molar-refractivity contribution in [2.45, 2.75) is 37.0 Å². The zero-order valence-corrected chi connectivity index (χ0v) is 34.3. The molecule has 58 heavy (non-hydrogen) atoms. The molecule has 2 aromatic carbocycles. The fourth-order valence-electron chi connectivity index (χ4n) is 7.93. The number of methoxy groups -OCH3 is 2. The molecule has 3 aromatic heterocycles. The smallest absolute Gasteiger partial charge is 0.481 e. The number of alkyl halides is 3. The Balaban J connectivity index is 0.000000251. The number of carbonyl (C=O) groups excluding carboxylic acids is 1. The number of nitrogens with zero attached hydrogens (tertiary/aromatic N) is 6. The number of amides is 2. The SMILES string of the molecule is COCCN1C[C@@]2(CCN([C@@H]3CCc4cc(-c5cccc(-c6ccc[c-]c6Cl)c5Cl)nc(OC)c43)C2)NC1=O.Cn1c(=O)c2[c-]nc(C(F)(F)F)cc2n(C)c1=O.[Ni+2]. The summed E-state index contributed by atoms with van der Waals surface area (Å²) in [4.78, 5) is 48.2. The van der Waals surface area contributed by atoms with Crippen molar-refractivity contribution < 1.29 is 43.9 Å². The monoisotopic (exact) mass is 881 g/mol. The molecular formula is C40H38Cl2F3N7NiO5. The second kappa shape index (κ2) is 17.0. The van der Waals surface area contributed by atoms with Gasteiger partial charge < -0.3 is 38.6 Å². The number of ether oxygens (including phenoxy) is 2. The van der Waals surface area contributed by atoms with Crippen LogP contribution in [0.5, 0.6) is 5.88 Å². The number of nitrogens with one attached hydrogen (secondary N) is 1. The van der Waals surface area contributed by atoms with E-state index in [9.17, 15) is 27.6 Å². The van der Waals surface area contributed by atoms with E-state index in [2.05, 4.69) is 27.3 Å². The Hall–Kier alpha value is -4.47. The topological polar surface area (TPSA) is 124 Å². The van der Waals surface area contributed by atoms with Crippen molar-refractivity contribution in [1.29, 1.82) is 0 Å². The van der Waals surface area contributed by atoms with Crippen LogP contribution in [-0.2, 0) is 47.9 Å². The van der Waals surface area contributed by atoms with Crippen LogP contribution in [0.25, 0.3) is 33.3 Å². The van der Waals surface area contributed by atoms with Gasteiger partial charge in [-0.2, -0.15) is 37.4 Å². The third-order valence-electron chi connectivity index (χ3n) is 10.8. The van der Waals surface area contributed by atoms with Crippen molar-refractivity contribution in [3.8, 4) is 28.3 Å². The average molecular weight is 883 g/mol. The molecule has 2 atom stereocenters. The second-order valence-electron chi connectivity index (χ2n) is 14.3. The van der Waals surface area contributed by atoms with Crippen LogP contribution in [0.3, 0.4) is 0 Å². The van der Waals surface area contributed by atoms with Gasteiger partial charge in [0.2, 0.25) is 5.88 Å². The number of rotatable bonds is 7. The first-order chi connectivity index (χ1) is 27.2. The summed E-state index contributed by atoms with van der Waals surface area (Å²) in [6.45, 7) is 3.57. The van der Waals surface area contributed by atoms with Crippen LogP contribution in [0, 0.1) is 12.3 Å². The first kappa shape index (κ1) is 43.1. The summed E-state index contributed by atoms with van der Waals surface area (Å²) in [6.07, 6.45) is 0.222. The number of hydrogen-bond donors (Lipinski definition) is 1. The average Bonchev–Trinajstić information content (AvgIpc) is 3.90. The van der Waals surface area contributed by atoms with Crippen molar-refractivity contribution in [3.05, 3.63) is 108 Å². The molecule has 5 aromatic rings. The van der Waals surface area contributed by atoms with Crippen molar-refractivity contribution in [3.63, 3.8) is 0 Å². The molecule has 2 amide bonds. The van der Waals surface area contributed by atoms with Gasteiger partial charge in [0, 0.05) is 69.6 Å². The number of pyridine rings is 2. The molecule has 0 unspecified atom stereocenters. The molecule has 1 aliphatic carbocycles. The van der Waals surface area contributed by atoms with Crippen LogP contribution in [0.15, 0.2) is 58.1 Å². The molecule has 18 heteroatoms. The van der Waals surface area contributed by atoms with Gasteiger partial charge in [0.25, 0.3) is 0 Å². The molecule has 1 spiro atoms. The van der Waals surface area contributed by atoms with Gasteiger partial charge in [-0.15, -0.1) is 17.2 Å². The first-order valence-corrected chi connectivity index (χ1v) is 18.8. The summed E-state index contributed by atoms with van der Waals surface area (Å²) >= 11 is 13.4. The molecule has 3 aliphatic rings. The molecule has 0 saturated carbocycles. The van der Waals surface area contributed by atoms with E-state index in [1.54, 1.807) is 20.3 Å². The van der Waals surface area contributed by atoms with Gasteiger partial charge in [-0.25, -0.2) is 14.6 Å². The van der Waals surface area contributed by atoms with Crippen LogP contribution in [0.1, 0.15) is 35.7 Å². The molecule has 308 valence electrons. The molecular weight excluding hydrogens is 845 g/mol. The maximum Gasteiger partial charge on any atom is 2.00 e. The summed E-state index contributed by atoms with van der Waals surface area (Å²) in [5.41, 5.74) is 2.67. The summed E-state index contributed by atoms with van der Waals surface area (Å²) in [5.74, 6) is 0.635. The van der Waals surface area contributed by atoms with Crippen molar-refractivity contribution in [2.24, 2.45) is 14.1 Å². The van der Waals surface area contributed by atoms with Crippen LogP contribution in [0.2, 0.25) is 10.0 Å². The van der Waals surface area contributed by atoms with Gasteiger partial charge in [-0.1, -0.05) is 46.5 Å². The number of halogens is 5. The third-order valence-corrected chi connectivity index (χ3v) is 11.5. The van der Waals surface area contributed by atoms with Crippen molar-refractivity contribution >= 4 is 40.1 Å². The molecule has 0 bridgehead atoms. The van der Waals surface area contributed by atoms with Gasteiger partial charge in [-0.05, 0) is 48.0 Å². The van der Waals surface area contributed by atoms with Crippen LogP contribution in [0.4, 0.5) is 18.0 Å². The third kappa shape index (κ3) is 8.09. The molecule has 0 radical (unpaired) electrons. The Morgan fingerprint density at radius 3 is 2.47 bits per heavy atom. The maximum absolute atomic E-state index is 12.6. The number of carbonyl (C=O) groups is 1. The normalized spacial score (nSPS) is 18.9. The van der Waals surface area contributed by atoms with E-state index in [0.29, 0.717) is 41.7 Å². The van der Waals surface area contributed by atoms with Crippen LogP contribution < -0.4 is 21.3 Å². The number of urea groups is 1. The summed E-state index contributed by atoms with van der Waals surface area (Å²) in [7, 11) is 5.84. The van der Waals surface area contributed by atoms with E-state index < -0.39 is 23.1 Å². The van der Waals surface area contributed by atoms with Gasteiger partial charge in [-0.3, -0.25) is 4.90 Å². The molecule has 2 fully saturated rings. The van der Waals surface area contributed by atoms with Gasteiger partial charge in [0.1, 0.15) is 0 Å². The summed E-state index contributed by atoms with van der Waals surface area (Å²) in [5, 5.41) is 4.24. The van der Waals surface area contributed by atoms with E-state index in [-0.39, 0.29) is 45.0 Å². The molecule has 1 N–H and O–H groups in total. The maximum atomic E-state index is 12.6. The quantitative estimate of drug-likeness (QED) is 0.154. The second-order valence-corrected chi connectivity index (χ2v) is 15.0. The van der Waals surface area contributed by atoms with E-state index in [0.717, 1.165) is 69.4 Å². The molecule has 12 nitrogen and oxygen atoms in total. The Labute approximate surface area is 351 Å². The van der Waals surface area contributed by atoms with E-state index >= 15 is 0 Å². The largest absolute Gasteiger partial charge is 2.00 e. The molecule has 2 aliphatic heterocycles. The zero-order valence-electron chi connectivity index (χ0n) is 31.8. The fraction of sp³-hybridized carbons (Fsp3) is 0.375. The Bertz CT molecular complexity index is 2500. The van der Waals surface area contributed by atoms with Crippen LogP contribution in [-0.4, -0.2) is 87.5 Å². The zero-order chi connectivity index (χ0) is 40.8. The number of aryl methyl sites for hydroxylation is 2. The van der Waals surface area contributed by atoms with E-state index in [1.807, 2.05) is 41.4 Å². The van der Waals surface area contributed by atoms with Gasteiger partial charge in [0.15, 0.2) is 5.56 Å².